The molecule has 0 spiro atoms. The van der Waals surface area contributed by atoms with E-state index in [-0.39, 0.29) is 24.0 Å². The number of thiophene rings is 1. The Labute approximate surface area is 202 Å². The van der Waals surface area contributed by atoms with Gasteiger partial charge in [0.1, 0.15) is 18.2 Å². The van der Waals surface area contributed by atoms with E-state index in [2.05, 4.69) is 32.5 Å². The summed E-state index contributed by atoms with van der Waals surface area (Å²) in [5.74, 6) is 1.91. The summed E-state index contributed by atoms with van der Waals surface area (Å²) in [4.78, 5) is 14.6. The number of oxazole rings is 2. The van der Waals surface area contributed by atoms with Crippen LogP contribution in [0.4, 0.5) is 0 Å². The number of benzene rings is 1. The van der Waals surface area contributed by atoms with Crippen molar-refractivity contribution in [3.05, 3.63) is 71.3 Å². The van der Waals surface area contributed by atoms with E-state index in [1.54, 1.807) is 23.9 Å². The summed E-state index contributed by atoms with van der Waals surface area (Å²) in [6.07, 6.45) is 3.31. The topological polar surface area (TPSA) is 88.5 Å². The number of nitrogens with one attached hydrogen (secondary N) is 2. The van der Waals surface area contributed by atoms with E-state index in [0.29, 0.717) is 30.8 Å². The lowest BCUT2D eigenvalue weighted by Gasteiger charge is -2.09. The molecule has 9 heteroatoms. The number of aryl methyl sites for hydroxylation is 1. The molecule has 31 heavy (non-hydrogen) atoms. The third-order valence-electron chi connectivity index (χ3n) is 4.31. The Morgan fingerprint density at radius 2 is 1.74 bits per heavy atom. The van der Waals surface area contributed by atoms with Crippen molar-refractivity contribution in [1.29, 1.82) is 0 Å². The van der Waals surface area contributed by atoms with Gasteiger partial charge in [-0.25, -0.2) is 15.0 Å². The van der Waals surface area contributed by atoms with Gasteiger partial charge in [0.25, 0.3) is 0 Å². The van der Waals surface area contributed by atoms with E-state index in [9.17, 15) is 0 Å². The molecule has 0 bridgehead atoms. The smallest absolute Gasteiger partial charge is 0.236 e. The van der Waals surface area contributed by atoms with Gasteiger partial charge in [-0.2, -0.15) is 0 Å². The molecule has 4 aromatic rings. The van der Waals surface area contributed by atoms with Crippen LogP contribution in [0.2, 0.25) is 0 Å². The van der Waals surface area contributed by atoms with Crippen LogP contribution >= 0.6 is 35.3 Å². The summed E-state index contributed by atoms with van der Waals surface area (Å²) < 4.78 is 11.2. The largest absolute Gasteiger partial charge is 0.444 e. The summed E-state index contributed by atoms with van der Waals surface area (Å²) in [5.41, 5.74) is 3.74. The summed E-state index contributed by atoms with van der Waals surface area (Å²) in [7, 11) is 0. The van der Waals surface area contributed by atoms with Crippen LogP contribution in [0.5, 0.6) is 0 Å². The fourth-order valence-corrected chi connectivity index (χ4v) is 3.44. The van der Waals surface area contributed by atoms with Crippen LogP contribution in [-0.4, -0.2) is 22.5 Å². The summed E-state index contributed by atoms with van der Waals surface area (Å²) in [6.45, 7) is 5.74. The molecule has 4 rings (SSSR count). The van der Waals surface area contributed by atoms with Crippen LogP contribution in [0.3, 0.4) is 0 Å². The zero-order valence-corrected chi connectivity index (χ0v) is 20.4. The van der Waals surface area contributed by atoms with Crippen molar-refractivity contribution in [3.63, 3.8) is 0 Å². The number of nitrogens with zero attached hydrogens (tertiary/aromatic N) is 3. The molecule has 2 N–H and O–H groups in total. The van der Waals surface area contributed by atoms with E-state index in [0.717, 1.165) is 28.4 Å². The maximum absolute atomic E-state index is 5.62. The van der Waals surface area contributed by atoms with E-state index in [1.807, 2.05) is 48.7 Å². The van der Waals surface area contributed by atoms with Crippen molar-refractivity contribution in [2.75, 3.05) is 6.54 Å². The zero-order valence-electron chi connectivity index (χ0n) is 17.3. The molecular formula is C22H24IN5O2S. The Kier molecular flexibility index (Phi) is 8.24. The molecule has 0 amide bonds. The zero-order chi connectivity index (χ0) is 20.8. The molecule has 0 fully saturated rings. The van der Waals surface area contributed by atoms with Gasteiger partial charge < -0.3 is 19.5 Å². The number of hydrogen-bond donors (Lipinski definition) is 2. The van der Waals surface area contributed by atoms with Crippen molar-refractivity contribution in [1.82, 2.24) is 20.6 Å². The van der Waals surface area contributed by atoms with Crippen LogP contribution in [0, 0.1) is 6.92 Å². The first kappa shape index (κ1) is 23.0. The Balaban J connectivity index is 0.00000272. The van der Waals surface area contributed by atoms with Gasteiger partial charge in [0, 0.05) is 12.1 Å². The van der Waals surface area contributed by atoms with Gasteiger partial charge >= 0.3 is 0 Å². The summed E-state index contributed by atoms with van der Waals surface area (Å²) in [6, 6.07) is 12.1. The van der Waals surface area contributed by atoms with Crippen molar-refractivity contribution in [2.24, 2.45) is 4.99 Å². The molecule has 0 saturated heterocycles. The molecule has 0 aliphatic carbocycles. The molecule has 0 saturated carbocycles. The van der Waals surface area contributed by atoms with Crippen LogP contribution in [0.1, 0.15) is 23.9 Å². The third kappa shape index (κ3) is 6.17. The van der Waals surface area contributed by atoms with Crippen LogP contribution in [0.15, 0.2) is 68.1 Å². The highest BCUT2D eigenvalue weighted by atomic mass is 127. The second-order valence-electron chi connectivity index (χ2n) is 6.68. The van der Waals surface area contributed by atoms with Crippen molar-refractivity contribution in [2.45, 2.75) is 26.9 Å². The number of aromatic nitrogens is 2. The third-order valence-corrected chi connectivity index (χ3v) is 5.17. The van der Waals surface area contributed by atoms with Gasteiger partial charge in [-0.3, -0.25) is 0 Å². The lowest BCUT2D eigenvalue weighted by atomic mass is 10.1. The average Bonchev–Trinajstić information content (AvgIpc) is 3.52. The molecule has 0 aliphatic heterocycles. The number of guanidine groups is 1. The predicted octanol–water partition coefficient (Wildman–Crippen LogP) is 5.24. The second-order valence-corrected chi connectivity index (χ2v) is 7.63. The molecule has 3 aromatic heterocycles. The minimum atomic E-state index is 0. The highest BCUT2D eigenvalue weighted by Gasteiger charge is 2.09. The number of rotatable bonds is 7. The summed E-state index contributed by atoms with van der Waals surface area (Å²) >= 11 is 1.60. The van der Waals surface area contributed by atoms with Crippen LogP contribution in [-0.2, 0) is 13.1 Å². The Morgan fingerprint density at radius 3 is 2.48 bits per heavy atom. The lowest BCUT2D eigenvalue weighted by molar-refractivity contribution is 0.572. The van der Waals surface area contributed by atoms with Crippen LogP contribution < -0.4 is 10.6 Å². The van der Waals surface area contributed by atoms with E-state index in [1.165, 1.54) is 5.56 Å². The number of aliphatic imine (C=N–C) groups is 1. The van der Waals surface area contributed by atoms with Gasteiger partial charge in [-0.05, 0) is 37.4 Å². The second kappa shape index (κ2) is 11.1. The average molecular weight is 549 g/mol. The molecule has 7 nitrogen and oxygen atoms in total. The SMILES string of the molecule is CCNC(=NCc1coc(-c2cccs2)n1)NCc1coc(-c2ccc(C)cc2)n1.I. The molecule has 0 atom stereocenters. The van der Waals surface area contributed by atoms with E-state index < -0.39 is 0 Å². The Morgan fingerprint density at radius 1 is 1.00 bits per heavy atom. The van der Waals surface area contributed by atoms with Crippen molar-refractivity contribution < 1.29 is 8.83 Å². The number of halogens is 1. The normalized spacial score (nSPS) is 11.2. The van der Waals surface area contributed by atoms with Gasteiger partial charge in [-0.15, -0.1) is 35.3 Å². The minimum absolute atomic E-state index is 0. The fraction of sp³-hybridized carbons (Fsp3) is 0.227. The fourth-order valence-electron chi connectivity index (χ4n) is 2.79. The van der Waals surface area contributed by atoms with Gasteiger partial charge in [-0.1, -0.05) is 23.8 Å². The lowest BCUT2D eigenvalue weighted by Crippen LogP contribution is -2.36. The Bertz CT molecular complexity index is 1100. The Hall–Kier alpha value is -2.66. The maximum Gasteiger partial charge on any atom is 0.236 e. The van der Waals surface area contributed by atoms with Crippen molar-refractivity contribution in [3.8, 4) is 22.2 Å². The first-order chi connectivity index (χ1) is 14.7. The molecule has 0 radical (unpaired) electrons. The molecular weight excluding hydrogens is 525 g/mol. The van der Waals surface area contributed by atoms with Crippen LogP contribution in [0.25, 0.3) is 22.2 Å². The van der Waals surface area contributed by atoms with Crippen molar-refractivity contribution >= 4 is 41.3 Å². The molecule has 1 aromatic carbocycles. The first-order valence-electron chi connectivity index (χ1n) is 9.73. The van der Waals surface area contributed by atoms with E-state index in [4.69, 9.17) is 8.83 Å². The van der Waals surface area contributed by atoms with E-state index >= 15 is 0 Å². The molecule has 3 heterocycles. The summed E-state index contributed by atoms with van der Waals surface area (Å²) in [5, 5.41) is 8.50. The maximum atomic E-state index is 5.62. The number of hydrogen-bond acceptors (Lipinski definition) is 6. The monoisotopic (exact) mass is 549 g/mol. The van der Waals surface area contributed by atoms with Gasteiger partial charge in [0.05, 0.1) is 23.7 Å². The first-order valence-corrected chi connectivity index (χ1v) is 10.6. The highest BCUT2D eigenvalue weighted by molar-refractivity contribution is 14.0. The highest BCUT2D eigenvalue weighted by Crippen LogP contribution is 2.23. The predicted molar refractivity (Wildman–Crippen MR) is 134 cm³/mol. The van der Waals surface area contributed by atoms with Gasteiger partial charge in [0.15, 0.2) is 5.96 Å². The molecule has 0 aliphatic rings. The molecule has 0 unspecified atom stereocenters. The minimum Gasteiger partial charge on any atom is -0.444 e. The standard InChI is InChI=1S/C22H23N5O2S.HI/c1-3-23-22(25-12-18-14-29-21(27-18)19-5-4-10-30-19)24-11-17-13-28-20(26-17)16-8-6-15(2)7-9-16;/h4-10,13-14H,3,11-12H2,1-2H3,(H2,23,24,25);1H. The molecule has 162 valence electrons. The quantitative estimate of drug-likeness (QED) is 0.186. The van der Waals surface area contributed by atoms with Gasteiger partial charge in [0.2, 0.25) is 11.8 Å².